The molecule has 0 spiro atoms. The first-order valence-electron chi connectivity index (χ1n) is 10.4. The average molecular weight is 490 g/mol. The van der Waals surface area contributed by atoms with E-state index in [2.05, 4.69) is 0 Å². The molecule has 0 amide bonds. The van der Waals surface area contributed by atoms with E-state index in [0.29, 0.717) is 0 Å². The number of aliphatic hydroxyl groups is 6. The highest BCUT2D eigenvalue weighted by atomic mass is 16.7. The molecule has 8 N–H and O–H groups in total. The number of ether oxygens (including phenoxy) is 5. The summed E-state index contributed by atoms with van der Waals surface area (Å²) in [6.07, 6.45) is -15.1. The van der Waals surface area contributed by atoms with Crippen molar-refractivity contribution < 1.29 is 69.3 Å². The Balaban J connectivity index is 1.57. The summed E-state index contributed by atoms with van der Waals surface area (Å²) in [5.74, 6) is -2.48. The van der Waals surface area contributed by atoms with Crippen LogP contribution in [0.5, 0.6) is 17.2 Å². The largest absolute Gasteiger partial charge is 0.504 e. The summed E-state index contributed by atoms with van der Waals surface area (Å²) in [4.78, 5) is 12.4. The van der Waals surface area contributed by atoms with Gasteiger partial charge in [-0.3, -0.25) is 0 Å². The molecule has 4 rings (SSSR count). The molecule has 1 aromatic rings. The number of rotatable bonds is 5. The summed E-state index contributed by atoms with van der Waals surface area (Å²) >= 11 is 0. The molecule has 3 aliphatic rings. The van der Waals surface area contributed by atoms with Crippen LogP contribution in [0.25, 0.3) is 0 Å². The normalized spacial score (nSPS) is 39.7. The number of phenolic OH excluding ortho intramolecular Hbond substituents is 2. The van der Waals surface area contributed by atoms with E-state index >= 15 is 0 Å². The number of carbonyl (C=O) groups is 1. The molecule has 1 aromatic carbocycles. The van der Waals surface area contributed by atoms with Gasteiger partial charge in [-0.1, -0.05) is 0 Å². The molecule has 0 aromatic heterocycles. The number of hydrogen-bond acceptors (Lipinski definition) is 14. The number of benzene rings is 1. The van der Waals surface area contributed by atoms with Gasteiger partial charge in [0.15, 0.2) is 23.9 Å². The van der Waals surface area contributed by atoms with Gasteiger partial charge < -0.3 is 64.5 Å². The number of fused-ring (bicyclic) bond motifs is 3. The molecule has 34 heavy (non-hydrogen) atoms. The van der Waals surface area contributed by atoms with Crippen molar-refractivity contribution in [3.8, 4) is 17.2 Å². The minimum Gasteiger partial charge on any atom is -0.504 e. The Labute approximate surface area is 192 Å². The van der Waals surface area contributed by atoms with E-state index in [1.54, 1.807) is 0 Å². The van der Waals surface area contributed by atoms with E-state index in [1.165, 1.54) is 7.11 Å². The Kier molecular flexibility index (Phi) is 6.87. The Bertz CT molecular complexity index is 921. The highest BCUT2D eigenvalue weighted by Crippen LogP contribution is 2.49. The second kappa shape index (κ2) is 9.41. The van der Waals surface area contributed by atoms with Gasteiger partial charge in [0, 0.05) is 5.56 Å². The second-order valence-corrected chi connectivity index (χ2v) is 8.22. The summed E-state index contributed by atoms with van der Waals surface area (Å²) in [5, 5.41) is 80.9. The molecular formula is C20H26O14. The van der Waals surface area contributed by atoms with Gasteiger partial charge in [-0.05, 0) is 6.07 Å². The van der Waals surface area contributed by atoms with Gasteiger partial charge in [-0.2, -0.15) is 0 Å². The lowest BCUT2D eigenvalue weighted by atomic mass is 9.86. The van der Waals surface area contributed by atoms with Gasteiger partial charge in [0.1, 0.15) is 48.8 Å². The molecule has 10 atom stereocenters. The first kappa shape index (κ1) is 24.8. The topological polar surface area (TPSA) is 225 Å². The maximum atomic E-state index is 12.4. The zero-order valence-corrected chi connectivity index (χ0v) is 17.8. The molecule has 3 aliphatic heterocycles. The number of esters is 1. The third kappa shape index (κ3) is 3.96. The molecule has 14 heteroatoms. The van der Waals surface area contributed by atoms with Crippen LogP contribution in [0, 0.1) is 0 Å². The standard InChI is InChI=1S/C20H26O14/c1-30-16-6(22)2-5-9(12(16)25)17-18(34-19(5)29)14(27)11(24)8(32-17)4-31-20-15(28)13(26)10(23)7(3-21)33-20/h2,7-8,10-11,13-15,17-18,20-28H,3-4H2,1H3/t7-,8-,10-,11-,13+,14+,15-,17+,18-,20-/m1/s1. The van der Waals surface area contributed by atoms with Crippen LogP contribution in [-0.4, -0.2) is 122 Å². The second-order valence-electron chi connectivity index (χ2n) is 8.22. The minimum absolute atomic E-state index is 0.139. The number of aliphatic hydroxyl groups excluding tert-OH is 6. The van der Waals surface area contributed by atoms with Crippen LogP contribution in [0.1, 0.15) is 22.0 Å². The van der Waals surface area contributed by atoms with E-state index < -0.39 is 91.9 Å². The lowest BCUT2D eigenvalue weighted by molar-refractivity contribution is -0.314. The molecule has 14 nitrogen and oxygen atoms in total. The van der Waals surface area contributed by atoms with Crippen LogP contribution in [0.3, 0.4) is 0 Å². The van der Waals surface area contributed by atoms with Crippen molar-refractivity contribution in [3.63, 3.8) is 0 Å². The molecular weight excluding hydrogens is 464 g/mol. The van der Waals surface area contributed by atoms with Crippen LogP contribution < -0.4 is 4.74 Å². The number of methoxy groups -OCH3 is 1. The Morgan fingerprint density at radius 3 is 2.26 bits per heavy atom. The first-order chi connectivity index (χ1) is 16.1. The van der Waals surface area contributed by atoms with Crippen LogP contribution in [0.2, 0.25) is 0 Å². The molecule has 0 bridgehead atoms. The maximum Gasteiger partial charge on any atom is 0.339 e. The minimum atomic E-state index is -1.70. The van der Waals surface area contributed by atoms with Crippen molar-refractivity contribution in [3.05, 3.63) is 17.2 Å². The molecule has 2 saturated heterocycles. The molecule has 0 unspecified atom stereocenters. The van der Waals surface area contributed by atoms with E-state index in [1.807, 2.05) is 0 Å². The predicted octanol–water partition coefficient (Wildman–Crippen LogP) is -3.38. The van der Waals surface area contributed by atoms with Crippen molar-refractivity contribution >= 4 is 5.97 Å². The SMILES string of the molecule is COc1c(O)cc2c(c1O)[C@@H]1O[C@H](CO[C@@H]3O[C@H](CO)[C@@H](O)[C@H](O)[C@H]3O)[C@@H](O)[C@H](O)[C@H]1OC2=O. The fraction of sp³-hybridized carbons (Fsp3) is 0.650. The van der Waals surface area contributed by atoms with Crippen molar-refractivity contribution in [1.82, 2.24) is 0 Å². The number of hydrogen-bond donors (Lipinski definition) is 8. The van der Waals surface area contributed by atoms with Gasteiger partial charge >= 0.3 is 5.97 Å². The van der Waals surface area contributed by atoms with Gasteiger partial charge in [-0.15, -0.1) is 0 Å². The van der Waals surface area contributed by atoms with Gasteiger partial charge in [0.2, 0.25) is 5.75 Å². The fourth-order valence-electron chi connectivity index (χ4n) is 4.33. The van der Waals surface area contributed by atoms with E-state index in [9.17, 15) is 45.6 Å². The van der Waals surface area contributed by atoms with E-state index in [-0.39, 0.29) is 16.9 Å². The van der Waals surface area contributed by atoms with Crippen LogP contribution in [0.15, 0.2) is 6.07 Å². The van der Waals surface area contributed by atoms with Crippen molar-refractivity contribution in [2.24, 2.45) is 0 Å². The van der Waals surface area contributed by atoms with E-state index in [0.717, 1.165) is 6.07 Å². The molecule has 190 valence electrons. The Hall–Kier alpha value is -2.27. The zero-order valence-electron chi connectivity index (χ0n) is 17.8. The van der Waals surface area contributed by atoms with Crippen molar-refractivity contribution in [2.45, 2.75) is 61.2 Å². The van der Waals surface area contributed by atoms with Gasteiger partial charge in [0.25, 0.3) is 0 Å². The molecule has 0 saturated carbocycles. The lowest BCUT2D eigenvalue weighted by Gasteiger charge is -2.45. The molecule has 0 aliphatic carbocycles. The zero-order chi connectivity index (χ0) is 24.9. The van der Waals surface area contributed by atoms with Crippen LogP contribution in [-0.2, 0) is 18.9 Å². The summed E-state index contributed by atoms with van der Waals surface area (Å²) in [6, 6.07) is 1.01. The number of phenols is 2. The predicted molar refractivity (Wildman–Crippen MR) is 105 cm³/mol. The Morgan fingerprint density at radius 2 is 1.62 bits per heavy atom. The monoisotopic (exact) mass is 490 g/mol. The maximum absolute atomic E-state index is 12.4. The smallest absolute Gasteiger partial charge is 0.339 e. The van der Waals surface area contributed by atoms with Crippen LogP contribution in [0.4, 0.5) is 0 Å². The molecule has 2 fully saturated rings. The summed E-state index contributed by atoms with van der Waals surface area (Å²) in [5.41, 5.74) is -0.381. The molecule has 3 heterocycles. The van der Waals surface area contributed by atoms with Crippen molar-refractivity contribution in [2.75, 3.05) is 20.3 Å². The first-order valence-corrected chi connectivity index (χ1v) is 10.4. The lowest BCUT2D eigenvalue weighted by Crippen LogP contribution is -2.61. The highest BCUT2D eigenvalue weighted by molar-refractivity contribution is 5.95. The van der Waals surface area contributed by atoms with Gasteiger partial charge in [-0.25, -0.2) is 4.79 Å². The number of carbonyl (C=O) groups excluding carboxylic acids is 1. The fourth-order valence-corrected chi connectivity index (χ4v) is 4.33. The third-order valence-electron chi connectivity index (χ3n) is 6.19. The Morgan fingerprint density at radius 1 is 0.941 bits per heavy atom. The third-order valence-corrected chi connectivity index (χ3v) is 6.19. The molecule has 0 radical (unpaired) electrons. The van der Waals surface area contributed by atoms with Crippen LogP contribution >= 0.6 is 0 Å². The average Bonchev–Trinajstić information content (AvgIpc) is 2.81. The number of aromatic hydroxyl groups is 2. The summed E-state index contributed by atoms with van der Waals surface area (Å²) in [7, 11) is 1.18. The summed E-state index contributed by atoms with van der Waals surface area (Å²) < 4.78 is 26.5. The summed E-state index contributed by atoms with van der Waals surface area (Å²) in [6.45, 7) is -1.20. The van der Waals surface area contributed by atoms with E-state index in [4.69, 9.17) is 23.7 Å². The van der Waals surface area contributed by atoms with Crippen molar-refractivity contribution in [1.29, 1.82) is 0 Å². The highest BCUT2D eigenvalue weighted by Gasteiger charge is 2.53. The quantitative estimate of drug-likeness (QED) is 0.189. The van der Waals surface area contributed by atoms with Gasteiger partial charge in [0.05, 0.1) is 25.9 Å².